The molecule has 3 heterocycles. The highest BCUT2D eigenvalue weighted by atomic mass is 32.1. The average Bonchev–Trinajstić information content (AvgIpc) is 3.28. The van der Waals surface area contributed by atoms with Crippen molar-refractivity contribution in [3.8, 4) is 0 Å². The SMILES string of the molecule is CCOC(=O)N1CCc2c(sc(NC(=O)CN3C(=O)c4ccccc4C3=O)c2C(=O)OC)C1. The number of rotatable bonds is 5. The number of benzene rings is 1. The Morgan fingerprint density at radius 2 is 1.79 bits per heavy atom. The molecule has 33 heavy (non-hydrogen) atoms. The molecular weight excluding hydrogens is 450 g/mol. The Morgan fingerprint density at radius 3 is 2.39 bits per heavy atom. The molecule has 2 aromatic rings. The van der Waals surface area contributed by atoms with Crippen LogP contribution in [-0.4, -0.2) is 66.4 Å². The second-order valence-corrected chi connectivity index (χ2v) is 8.47. The van der Waals surface area contributed by atoms with Gasteiger partial charge in [-0.3, -0.25) is 19.3 Å². The van der Waals surface area contributed by atoms with E-state index in [-0.39, 0.29) is 34.8 Å². The number of fused-ring (bicyclic) bond motifs is 2. The largest absolute Gasteiger partial charge is 0.465 e. The van der Waals surface area contributed by atoms with E-state index in [9.17, 15) is 24.0 Å². The van der Waals surface area contributed by atoms with E-state index in [1.165, 1.54) is 24.1 Å². The maximum absolute atomic E-state index is 12.8. The smallest absolute Gasteiger partial charge is 0.410 e. The first kappa shape index (κ1) is 22.5. The topological polar surface area (TPSA) is 122 Å². The zero-order valence-corrected chi connectivity index (χ0v) is 18.8. The van der Waals surface area contributed by atoms with Crippen LogP contribution in [0.15, 0.2) is 24.3 Å². The van der Waals surface area contributed by atoms with E-state index in [4.69, 9.17) is 9.47 Å². The van der Waals surface area contributed by atoms with E-state index >= 15 is 0 Å². The second kappa shape index (κ2) is 9.02. The van der Waals surface area contributed by atoms with Crippen LogP contribution in [0.2, 0.25) is 0 Å². The molecule has 0 atom stereocenters. The lowest BCUT2D eigenvalue weighted by atomic mass is 10.0. The Kier molecular flexibility index (Phi) is 6.14. The highest BCUT2D eigenvalue weighted by Crippen LogP contribution is 2.38. The van der Waals surface area contributed by atoms with Crippen molar-refractivity contribution in [2.24, 2.45) is 0 Å². The summed E-state index contributed by atoms with van der Waals surface area (Å²) in [6.45, 7) is 2.06. The maximum Gasteiger partial charge on any atom is 0.410 e. The summed E-state index contributed by atoms with van der Waals surface area (Å²) in [7, 11) is 1.24. The van der Waals surface area contributed by atoms with Crippen LogP contribution >= 0.6 is 11.3 Å². The lowest BCUT2D eigenvalue weighted by Gasteiger charge is -2.26. The predicted molar refractivity (Wildman–Crippen MR) is 117 cm³/mol. The third-order valence-electron chi connectivity index (χ3n) is 5.41. The fourth-order valence-electron chi connectivity index (χ4n) is 3.87. The van der Waals surface area contributed by atoms with Gasteiger partial charge in [0.25, 0.3) is 11.8 Å². The average molecular weight is 471 g/mol. The number of nitrogens with one attached hydrogen (secondary N) is 1. The van der Waals surface area contributed by atoms with Crippen molar-refractivity contribution in [3.63, 3.8) is 0 Å². The van der Waals surface area contributed by atoms with Gasteiger partial charge in [0.1, 0.15) is 11.5 Å². The van der Waals surface area contributed by atoms with Crippen LogP contribution in [0.25, 0.3) is 0 Å². The van der Waals surface area contributed by atoms with Gasteiger partial charge in [-0.05, 0) is 31.0 Å². The van der Waals surface area contributed by atoms with E-state index in [1.54, 1.807) is 19.1 Å². The standard InChI is InChI=1S/C22H21N3O7S/c1-3-32-22(30)24-9-8-14-15(10-24)33-18(17(14)21(29)31-2)23-16(26)11-25-19(27)12-6-4-5-7-13(12)20(25)28/h4-7H,3,8-11H2,1-2H3,(H,23,26). The summed E-state index contributed by atoms with van der Waals surface area (Å²) in [6.07, 6.45) is -0.0593. The zero-order chi connectivity index (χ0) is 23.7. The number of ether oxygens (including phenoxy) is 2. The normalized spacial score (nSPS) is 14.6. The highest BCUT2D eigenvalue weighted by Gasteiger charge is 2.37. The third-order valence-corrected chi connectivity index (χ3v) is 6.54. The molecule has 0 radical (unpaired) electrons. The Balaban J connectivity index is 1.54. The number of imide groups is 1. The van der Waals surface area contributed by atoms with Crippen molar-refractivity contribution in [2.75, 3.05) is 32.1 Å². The summed E-state index contributed by atoms with van der Waals surface area (Å²) in [5.41, 5.74) is 1.41. The molecule has 0 unspecified atom stereocenters. The summed E-state index contributed by atoms with van der Waals surface area (Å²) >= 11 is 1.15. The van der Waals surface area contributed by atoms with E-state index in [0.29, 0.717) is 18.5 Å². The van der Waals surface area contributed by atoms with Crippen molar-refractivity contribution in [3.05, 3.63) is 51.4 Å². The molecule has 0 fully saturated rings. The molecule has 1 N–H and O–H groups in total. The lowest BCUT2D eigenvalue weighted by Crippen LogP contribution is -2.37. The van der Waals surface area contributed by atoms with Crippen LogP contribution in [0, 0.1) is 0 Å². The van der Waals surface area contributed by atoms with E-state index in [0.717, 1.165) is 21.1 Å². The fraction of sp³-hybridized carbons (Fsp3) is 0.318. The molecule has 0 aliphatic carbocycles. The van der Waals surface area contributed by atoms with Gasteiger partial charge in [-0.15, -0.1) is 11.3 Å². The lowest BCUT2D eigenvalue weighted by molar-refractivity contribution is -0.116. The molecule has 0 saturated heterocycles. The molecule has 0 bridgehead atoms. The van der Waals surface area contributed by atoms with Gasteiger partial charge < -0.3 is 19.7 Å². The number of methoxy groups -OCH3 is 1. The molecule has 172 valence electrons. The summed E-state index contributed by atoms with van der Waals surface area (Å²) in [5.74, 6) is -2.34. The molecule has 1 aromatic carbocycles. The third kappa shape index (κ3) is 4.07. The predicted octanol–water partition coefficient (Wildman–Crippen LogP) is 2.28. The van der Waals surface area contributed by atoms with Crippen molar-refractivity contribution in [1.82, 2.24) is 9.80 Å². The zero-order valence-electron chi connectivity index (χ0n) is 18.0. The van der Waals surface area contributed by atoms with Crippen molar-refractivity contribution >= 4 is 46.1 Å². The number of carbonyl (C=O) groups is 5. The van der Waals surface area contributed by atoms with E-state index < -0.39 is 36.3 Å². The van der Waals surface area contributed by atoms with Gasteiger partial charge in [0.05, 0.1) is 37.0 Å². The number of hydrogen-bond acceptors (Lipinski definition) is 8. The number of esters is 1. The number of carbonyl (C=O) groups excluding carboxylic acids is 5. The summed E-state index contributed by atoms with van der Waals surface area (Å²) in [4.78, 5) is 65.5. The van der Waals surface area contributed by atoms with Crippen LogP contribution in [0.1, 0.15) is 48.4 Å². The van der Waals surface area contributed by atoms with Crippen molar-refractivity contribution in [1.29, 1.82) is 0 Å². The van der Waals surface area contributed by atoms with Gasteiger partial charge in [-0.1, -0.05) is 12.1 Å². The molecule has 0 saturated carbocycles. The molecule has 10 nitrogen and oxygen atoms in total. The Hall–Kier alpha value is -3.73. The minimum Gasteiger partial charge on any atom is -0.465 e. The summed E-state index contributed by atoms with van der Waals surface area (Å²) < 4.78 is 9.95. The number of nitrogens with zero attached hydrogens (tertiary/aromatic N) is 2. The van der Waals surface area contributed by atoms with E-state index in [1.807, 2.05) is 0 Å². The maximum atomic E-state index is 12.8. The molecule has 11 heteroatoms. The molecular formula is C22H21N3O7S. The minimum absolute atomic E-state index is 0.219. The quantitative estimate of drug-likeness (QED) is 0.524. The van der Waals surface area contributed by atoms with Crippen LogP contribution in [0.3, 0.4) is 0 Å². The van der Waals surface area contributed by atoms with Gasteiger partial charge >= 0.3 is 12.1 Å². The summed E-state index contributed by atoms with van der Waals surface area (Å²) in [6, 6.07) is 6.36. The van der Waals surface area contributed by atoms with Crippen molar-refractivity contribution < 1.29 is 33.4 Å². The first-order chi connectivity index (χ1) is 15.8. The Bertz CT molecular complexity index is 1140. The number of hydrogen-bond donors (Lipinski definition) is 1. The first-order valence-corrected chi connectivity index (χ1v) is 11.1. The van der Waals surface area contributed by atoms with Gasteiger partial charge in [0.2, 0.25) is 5.91 Å². The molecule has 0 spiro atoms. The minimum atomic E-state index is -0.629. The van der Waals surface area contributed by atoms with Crippen LogP contribution < -0.4 is 5.32 Å². The highest BCUT2D eigenvalue weighted by molar-refractivity contribution is 7.17. The second-order valence-electron chi connectivity index (χ2n) is 7.36. The van der Waals surface area contributed by atoms with Crippen LogP contribution in [0.5, 0.6) is 0 Å². The van der Waals surface area contributed by atoms with Crippen LogP contribution in [0.4, 0.5) is 9.80 Å². The number of amides is 4. The van der Waals surface area contributed by atoms with Crippen molar-refractivity contribution in [2.45, 2.75) is 19.9 Å². The fourth-order valence-corrected chi connectivity index (χ4v) is 5.14. The van der Waals surface area contributed by atoms with E-state index in [2.05, 4.69) is 5.32 Å². The van der Waals surface area contributed by atoms with Gasteiger partial charge in [-0.2, -0.15) is 0 Å². The van der Waals surface area contributed by atoms with Gasteiger partial charge in [-0.25, -0.2) is 9.59 Å². The number of anilines is 1. The molecule has 4 amide bonds. The Morgan fingerprint density at radius 1 is 1.12 bits per heavy atom. The van der Waals surface area contributed by atoms with Crippen LogP contribution in [-0.2, 0) is 27.2 Å². The Labute approximate surface area is 193 Å². The molecule has 1 aromatic heterocycles. The monoisotopic (exact) mass is 471 g/mol. The van der Waals surface area contributed by atoms with Gasteiger partial charge in [0.15, 0.2) is 0 Å². The number of thiophene rings is 1. The van der Waals surface area contributed by atoms with Gasteiger partial charge in [0, 0.05) is 11.4 Å². The molecule has 2 aliphatic heterocycles. The molecule has 2 aliphatic rings. The molecule has 4 rings (SSSR count). The summed E-state index contributed by atoms with van der Waals surface area (Å²) in [5, 5.41) is 2.89. The first-order valence-electron chi connectivity index (χ1n) is 10.2.